The molecule has 2 rings (SSSR count). The fourth-order valence-electron chi connectivity index (χ4n) is 1.95. The zero-order valence-corrected chi connectivity index (χ0v) is 16.3. The predicted molar refractivity (Wildman–Crippen MR) is 103 cm³/mol. The molecule has 0 aromatic heterocycles. The first-order valence-corrected chi connectivity index (χ1v) is 8.36. The molecule has 0 aliphatic carbocycles. The molecule has 0 N–H and O–H groups in total. The minimum absolute atomic E-state index is 0.776. The minimum Gasteiger partial charge on any atom is -0.493 e. The smallest absolute Gasteiger partial charge is 0.161 e. The average molecular weight is 322 g/mol. The van der Waals surface area contributed by atoms with Gasteiger partial charge in [0.2, 0.25) is 0 Å². The Bertz CT molecular complexity index is 453. The fourth-order valence-corrected chi connectivity index (χ4v) is 1.95. The Morgan fingerprint density at radius 3 is 1.96 bits per heavy atom. The van der Waals surface area contributed by atoms with Crippen LogP contribution in [-0.2, 0) is 0 Å². The second kappa shape index (κ2) is 15.0. The van der Waals surface area contributed by atoms with Crippen molar-refractivity contribution in [2.24, 2.45) is 0 Å². The normalized spacial score (nSPS) is 11.5. The SMILES string of the molecule is C=CC.CC.CC.COc1ccc(C2=CN(C)CC2)cc1OC. The van der Waals surface area contributed by atoms with Crippen molar-refractivity contribution in [3.8, 4) is 11.5 Å². The molecule has 1 aromatic rings. The first kappa shape index (κ1) is 23.4. The number of ether oxygens (including phenoxy) is 2. The lowest BCUT2D eigenvalue weighted by Gasteiger charge is -2.09. The fraction of sp³-hybridized carbons (Fsp3) is 0.500. The molecule has 1 aromatic carbocycles. The summed E-state index contributed by atoms with van der Waals surface area (Å²) in [6, 6.07) is 6.06. The van der Waals surface area contributed by atoms with Crippen LogP contribution in [0.25, 0.3) is 5.57 Å². The van der Waals surface area contributed by atoms with E-state index in [0.29, 0.717) is 0 Å². The van der Waals surface area contributed by atoms with Crippen LogP contribution in [0.2, 0.25) is 0 Å². The van der Waals surface area contributed by atoms with Crippen LogP contribution in [0.4, 0.5) is 0 Å². The highest BCUT2D eigenvalue weighted by Gasteiger charge is 2.13. The van der Waals surface area contributed by atoms with Crippen molar-refractivity contribution in [2.45, 2.75) is 41.0 Å². The lowest BCUT2D eigenvalue weighted by Crippen LogP contribution is -2.04. The summed E-state index contributed by atoms with van der Waals surface area (Å²) in [6.45, 7) is 14.3. The molecule has 0 unspecified atom stereocenters. The summed E-state index contributed by atoms with van der Waals surface area (Å²) in [5.74, 6) is 1.56. The van der Waals surface area contributed by atoms with Gasteiger partial charge in [-0.2, -0.15) is 0 Å². The molecule has 3 nitrogen and oxygen atoms in total. The molecule has 0 radical (unpaired) electrons. The molecule has 0 bridgehead atoms. The van der Waals surface area contributed by atoms with E-state index in [-0.39, 0.29) is 0 Å². The van der Waals surface area contributed by atoms with Crippen LogP contribution >= 0.6 is 0 Å². The molecule has 1 aliphatic rings. The Hall–Kier alpha value is -1.90. The van der Waals surface area contributed by atoms with E-state index in [4.69, 9.17) is 9.47 Å². The van der Waals surface area contributed by atoms with E-state index in [1.165, 1.54) is 11.1 Å². The van der Waals surface area contributed by atoms with Gasteiger partial charge in [-0.1, -0.05) is 39.8 Å². The Labute approximate surface area is 143 Å². The van der Waals surface area contributed by atoms with Gasteiger partial charge in [0.15, 0.2) is 11.5 Å². The lowest BCUT2D eigenvalue weighted by atomic mass is 10.1. The molecule has 0 fully saturated rings. The third kappa shape index (κ3) is 8.34. The molecule has 23 heavy (non-hydrogen) atoms. The predicted octanol–water partition coefficient (Wildman–Crippen LogP) is 5.62. The molecule has 1 heterocycles. The summed E-state index contributed by atoms with van der Waals surface area (Å²) in [6.07, 6.45) is 5.02. The standard InChI is InChI=1S/C13H17NO2.C3H6.2C2H6/c1-14-7-6-11(9-14)10-4-5-12(15-2)13(8-10)16-3;1-3-2;2*1-2/h4-5,8-9H,6-7H2,1-3H3;3H,1H2,2H3;2*1-2H3. The molecular formula is C20H35NO2. The number of allylic oxidation sites excluding steroid dienone is 1. The van der Waals surface area contributed by atoms with E-state index in [0.717, 1.165) is 24.5 Å². The maximum Gasteiger partial charge on any atom is 0.161 e. The van der Waals surface area contributed by atoms with Crippen molar-refractivity contribution >= 4 is 5.57 Å². The summed E-state index contributed by atoms with van der Waals surface area (Å²) in [4.78, 5) is 2.20. The molecular weight excluding hydrogens is 286 g/mol. The van der Waals surface area contributed by atoms with Crippen molar-refractivity contribution in [1.82, 2.24) is 4.90 Å². The van der Waals surface area contributed by atoms with Crippen LogP contribution in [0.3, 0.4) is 0 Å². The van der Waals surface area contributed by atoms with E-state index in [1.54, 1.807) is 20.3 Å². The van der Waals surface area contributed by atoms with Gasteiger partial charge in [0.05, 0.1) is 14.2 Å². The highest BCUT2D eigenvalue weighted by Crippen LogP contribution is 2.32. The van der Waals surface area contributed by atoms with Crippen molar-refractivity contribution in [3.05, 3.63) is 42.6 Å². The van der Waals surface area contributed by atoms with Gasteiger partial charge in [0.1, 0.15) is 0 Å². The van der Waals surface area contributed by atoms with Gasteiger partial charge in [-0.15, -0.1) is 6.58 Å². The molecule has 0 spiro atoms. The van der Waals surface area contributed by atoms with Crippen molar-refractivity contribution < 1.29 is 9.47 Å². The zero-order chi connectivity index (χ0) is 18.3. The Balaban J connectivity index is 0. The van der Waals surface area contributed by atoms with Gasteiger partial charge >= 0.3 is 0 Å². The Morgan fingerprint density at radius 2 is 1.57 bits per heavy atom. The van der Waals surface area contributed by atoms with Crippen LogP contribution < -0.4 is 9.47 Å². The van der Waals surface area contributed by atoms with Crippen LogP contribution in [0, 0.1) is 0 Å². The van der Waals surface area contributed by atoms with Gasteiger partial charge in [-0.3, -0.25) is 0 Å². The number of rotatable bonds is 3. The van der Waals surface area contributed by atoms with Crippen molar-refractivity contribution in [2.75, 3.05) is 27.8 Å². The molecule has 0 atom stereocenters. The highest BCUT2D eigenvalue weighted by atomic mass is 16.5. The maximum atomic E-state index is 5.30. The molecule has 3 heteroatoms. The number of hydrogen-bond acceptors (Lipinski definition) is 3. The summed E-state index contributed by atoms with van der Waals surface area (Å²) in [5.41, 5.74) is 2.56. The lowest BCUT2D eigenvalue weighted by molar-refractivity contribution is 0.355. The second-order valence-corrected chi connectivity index (χ2v) is 4.36. The van der Waals surface area contributed by atoms with Crippen LogP contribution in [-0.4, -0.2) is 32.7 Å². The Kier molecular flexibility index (Phi) is 15.3. The minimum atomic E-state index is 0.776. The third-order valence-corrected chi connectivity index (χ3v) is 2.86. The number of benzene rings is 1. The highest BCUT2D eigenvalue weighted by molar-refractivity contribution is 5.69. The van der Waals surface area contributed by atoms with Gasteiger partial charge in [0.25, 0.3) is 0 Å². The van der Waals surface area contributed by atoms with Gasteiger partial charge in [-0.25, -0.2) is 0 Å². The van der Waals surface area contributed by atoms with Crippen molar-refractivity contribution in [3.63, 3.8) is 0 Å². The summed E-state index contributed by atoms with van der Waals surface area (Å²) >= 11 is 0. The van der Waals surface area contributed by atoms with Crippen LogP contribution in [0.15, 0.2) is 37.1 Å². The van der Waals surface area contributed by atoms with E-state index >= 15 is 0 Å². The summed E-state index contributed by atoms with van der Waals surface area (Å²) in [7, 11) is 5.41. The topological polar surface area (TPSA) is 21.7 Å². The van der Waals surface area contributed by atoms with Gasteiger partial charge < -0.3 is 14.4 Å². The maximum absolute atomic E-state index is 5.30. The third-order valence-electron chi connectivity index (χ3n) is 2.86. The average Bonchev–Trinajstić information content (AvgIpc) is 3.05. The van der Waals surface area contributed by atoms with E-state index in [9.17, 15) is 0 Å². The van der Waals surface area contributed by atoms with Gasteiger partial charge in [0, 0.05) is 19.8 Å². The monoisotopic (exact) mass is 321 g/mol. The zero-order valence-electron chi connectivity index (χ0n) is 16.3. The van der Waals surface area contributed by atoms with E-state index in [1.807, 2.05) is 46.8 Å². The number of hydrogen-bond donors (Lipinski definition) is 0. The van der Waals surface area contributed by atoms with Gasteiger partial charge in [-0.05, 0) is 36.6 Å². The molecule has 132 valence electrons. The number of methoxy groups -OCH3 is 2. The van der Waals surface area contributed by atoms with Crippen molar-refractivity contribution in [1.29, 1.82) is 0 Å². The largest absolute Gasteiger partial charge is 0.493 e. The second-order valence-electron chi connectivity index (χ2n) is 4.36. The van der Waals surface area contributed by atoms with Crippen LogP contribution in [0.1, 0.15) is 46.6 Å². The molecule has 0 saturated carbocycles. The first-order chi connectivity index (χ1) is 11.2. The summed E-state index contributed by atoms with van der Waals surface area (Å²) in [5, 5.41) is 0. The van der Waals surface area contributed by atoms with Crippen LogP contribution in [0.5, 0.6) is 11.5 Å². The Morgan fingerprint density at radius 1 is 1.04 bits per heavy atom. The number of nitrogens with zero attached hydrogens (tertiary/aromatic N) is 1. The van der Waals surface area contributed by atoms with E-state index in [2.05, 4.69) is 30.8 Å². The molecule has 0 saturated heterocycles. The quantitative estimate of drug-likeness (QED) is 0.674. The molecule has 1 aliphatic heterocycles. The summed E-state index contributed by atoms with van der Waals surface area (Å²) < 4.78 is 10.5. The first-order valence-electron chi connectivity index (χ1n) is 8.36. The van der Waals surface area contributed by atoms with E-state index < -0.39 is 0 Å². The molecule has 0 amide bonds.